The van der Waals surface area contributed by atoms with E-state index >= 15 is 0 Å². The maximum Gasteiger partial charge on any atom is 0.408 e. The molecule has 0 spiro atoms. The highest BCUT2D eigenvalue weighted by Gasteiger charge is 2.36. The smallest absolute Gasteiger partial charge is 0.408 e. The first-order chi connectivity index (χ1) is 11.8. The summed E-state index contributed by atoms with van der Waals surface area (Å²) in [6, 6.07) is 13.0. The van der Waals surface area contributed by atoms with Crippen LogP contribution in [0, 0.1) is 0 Å². The van der Waals surface area contributed by atoms with Crippen LogP contribution < -0.4 is 5.32 Å². The van der Waals surface area contributed by atoms with Gasteiger partial charge < -0.3 is 25.4 Å². The van der Waals surface area contributed by atoms with Gasteiger partial charge in [0.05, 0.1) is 0 Å². The van der Waals surface area contributed by atoms with Gasteiger partial charge in [-0.05, 0) is 30.2 Å². The Balaban J connectivity index is 2.04. The van der Waals surface area contributed by atoms with Crippen LogP contribution in [0.4, 0.5) is 4.79 Å². The zero-order valence-electron chi connectivity index (χ0n) is 13.6. The van der Waals surface area contributed by atoms with E-state index in [0.717, 1.165) is 5.56 Å². The van der Waals surface area contributed by atoms with Crippen molar-refractivity contribution < 1.29 is 29.6 Å². The fourth-order valence-electron chi connectivity index (χ4n) is 2.24. The minimum absolute atomic E-state index is 0.0162. The second-order valence-corrected chi connectivity index (χ2v) is 5.82. The molecule has 2 rings (SSSR count). The number of nitrogens with one attached hydrogen (secondary N) is 1. The maximum absolute atomic E-state index is 12.0. The van der Waals surface area contributed by atoms with Gasteiger partial charge in [-0.2, -0.15) is 0 Å². The fourth-order valence-corrected chi connectivity index (χ4v) is 2.24. The van der Waals surface area contributed by atoms with E-state index in [-0.39, 0.29) is 24.5 Å². The molecule has 0 aliphatic carbocycles. The van der Waals surface area contributed by atoms with Gasteiger partial charge in [-0.1, -0.05) is 36.4 Å². The molecule has 0 fully saturated rings. The Bertz CT molecular complexity index is 761. The monoisotopic (exact) mass is 345 g/mol. The van der Waals surface area contributed by atoms with Crippen LogP contribution in [0.1, 0.15) is 18.1 Å². The Morgan fingerprint density at radius 3 is 2.32 bits per heavy atom. The summed E-state index contributed by atoms with van der Waals surface area (Å²) < 4.78 is 5.05. The summed E-state index contributed by atoms with van der Waals surface area (Å²) in [6.07, 6.45) is -0.965. The van der Waals surface area contributed by atoms with Gasteiger partial charge in [0.25, 0.3) is 0 Å². The van der Waals surface area contributed by atoms with Crippen molar-refractivity contribution in [1.29, 1.82) is 0 Å². The first-order valence-electron chi connectivity index (χ1n) is 7.53. The lowest BCUT2D eigenvalue weighted by atomic mass is 9.93. The molecule has 0 saturated carbocycles. The topological polar surface area (TPSA) is 116 Å². The fraction of sp³-hybridized carbons (Fsp3) is 0.222. The van der Waals surface area contributed by atoms with E-state index in [1.807, 2.05) is 6.07 Å². The number of benzene rings is 2. The van der Waals surface area contributed by atoms with Gasteiger partial charge in [0.2, 0.25) is 0 Å². The number of carbonyl (C=O) groups is 2. The normalized spacial score (nSPS) is 12.8. The van der Waals surface area contributed by atoms with Gasteiger partial charge >= 0.3 is 12.1 Å². The molecule has 7 nitrogen and oxygen atoms in total. The van der Waals surface area contributed by atoms with Crippen LogP contribution >= 0.6 is 0 Å². The van der Waals surface area contributed by atoms with E-state index in [9.17, 15) is 24.9 Å². The third-order valence-corrected chi connectivity index (χ3v) is 3.66. The highest BCUT2D eigenvalue weighted by molar-refractivity contribution is 5.84. The number of carboxylic acid groups (broad SMARTS) is 1. The molecule has 132 valence electrons. The predicted octanol–water partition coefficient (Wildman–Crippen LogP) is 2.41. The van der Waals surface area contributed by atoms with Crippen molar-refractivity contribution in [3.05, 3.63) is 59.7 Å². The van der Waals surface area contributed by atoms with Crippen molar-refractivity contribution in [2.45, 2.75) is 25.5 Å². The predicted molar refractivity (Wildman–Crippen MR) is 89.3 cm³/mol. The highest BCUT2D eigenvalue weighted by atomic mass is 16.5. The lowest BCUT2D eigenvalue weighted by molar-refractivity contribution is -0.143. The zero-order valence-corrected chi connectivity index (χ0v) is 13.6. The Morgan fingerprint density at radius 1 is 1.04 bits per heavy atom. The number of carboxylic acids is 1. The molecule has 0 saturated heterocycles. The molecule has 0 unspecified atom stereocenters. The molecule has 0 aliphatic rings. The lowest BCUT2D eigenvalue weighted by Crippen LogP contribution is -2.53. The van der Waals surface area contributed by atoms with Crippen LogP contribution in [0.15, 0.2) is 48.5 Å². The number of aliphatic carboxylic acids is 1. The van der Waals surface area contributed by atoms with Crippen molar-refractivity contribution in [2.75, 3.05) is 0 Å². The van der Waals surface area contributed by atoms with Crippen LogP contribution in [0.3, 0.4) is 0 Å². The van der Waals surface area contributed by atoms with Crippen LogP contribution in [0.5, 0.6) is 11.5 Å². The average molecular weight is 345 g/mol. The van der Waals surface area contributed by atoms with Gasteiger partial charge in [0.1, 0.15) is 12.1 Å². The summed E-state index contributed by atoms with van der Waals surface area (Å²) in [5.74, 6) is -1.93. The Labute approximate surface area is 144 Å². The molecule has 0 radical (unpaired) electrons. The maximum atomic E-state index is 12.0. The number of carbonyl (C=O) groups excluding carboxylic acids is 1. The van der Waals surface area contributed by atoms with Gasteiger partial charge in [0, 0.05) is 6.42 Å². The summed E-state index contributed by atoms with van der Waals surface area (Å²) in [5.41, 5.74) is -0.432. The minimum atomic E-state index is -1.64. The van der Waals surface area contributed by atoms with Crippen molar-refractivity contribution in [3.63, 3.8) is 0 Å². The number of hydrogen-bond acceptors (Lipinski definition) is 5. The zero-order chi connectivity index (χ0) is 18.4. The molecule has 0 heterocycles. The summed E-state index contributed by atoms with van der Waals surface area (Å²) >= 11 is 0. The molecule has 1 amide bonds. The highest BCUT2D eigenvalue weighted by Crippen LogP contribution is 2.27. The number of phenols is 2. The van der Waals surface area contributed by atoms with Crippen LogP contribution in [0.2, 0.25) is 0 Å². The van der Waals surface area contributed by atoms with E-state index in [2.05, 4.69) is 5.32 Å². The van der Waals surface area contributed by atoms with Crippen LogP contribution in [-0.4, -0.2) is 32.9 Å². The van der Waals surface area contributed by atoms with Gasteiger partial charge in [0.15, 0.2) is 11.5 Å². The lowest BCUT2D eigenvalue weighted by Gasteiger charge is -2.26. The first kappa shape index (κ1) is 18.1. The molecule has 2 aromatic carbocycles. The number of ether oxygens (including phenoxy) is 1. The molecule has 2 aromatic rings. The van der Waals surface area contributed by atoms with Gasteiger partial charge in [-0.15, -0.1) is 0 Å². The standard InChI is InChI=1S/C18H19NO6/c1-18(16(22)23,10-13-7-8-14(20)15(21)9-13)19-17(24)25-11-12-5-3-2-4-6-12/h2-9,20-21H,10-11H2,1H3,(H,19,24)(H,22,23)/t18-/m0/s1. The number of aromatic hydroxyl groups is 2. The molecule has 4 N–H and O–H groups in total. The molecule has 1 atom stereocenters. The molecule has 0 aliphatic heterocycles. The summed E-state index contributed by atoms with van der Waals surface area (Å²) in [5, 5.41) is 30.6. The van der Waals surface area contributed by atoms with Crippen LogP contribution in [0.25, 0.3) is 0 Å². The Hall–Kier alpha value is -3.22. The largest absolute Gasteiger partial charge is 0.504 e. The van der Waals surface area contributed by atoms with E-state index < -0.39 is 17.6 Å². The average Bonchev–Trinajstić information content (AvgIpc) is 2.57. The number of rotatable bonds is 6. The summed E-state index contributed by atoms with van der Waals surface area (Å²) in [4.78, 5) is 23.6. The number of alkyl carbamates (subject to hydrolysis) is 1. The van der Waals surface area contributed by atoms with Crippen molar-refractivity contribution in [1.82, 2.24) is 5.32 Å². The van der Waals surface area contributed by atoms with Crippen molar-refractivity contribution in [2.24, 2.45) is 0 Å². The molecular weight excluding hydrogens is 326 g/mol. The number of phenolic OH excluding ortho intramolecular Hbond substituents is 2. The van der Waals surface area contributed by atoms with Gasteiger partial charge in [-0.3, -0.25) is 0 Å². The SMILES string of the molecule is C[C@@](Cc1ccc(O)c(O)c1)(NC(=O)OCc1ccccc1)C(=O)O. The second-order valence-electron chi connectivity index (χ2n) is 5.82. The first-order valence-corrected chi connectivity index (χ1v) is 7.53. The van der Waals surface area contributed by atoms with Crippen molar-refractivity contribution >= 4 is 12.1 Å². The minimum Gasteiger partial charge on any atom is -0.504 e. The molecule has 7 heteroatoms. The van der Waals surface area contributed by atoms with E-state index in [1.165, 1.54) is 25.1 Å². The van der Waals surface area contributed by atoms with E-state index in [0.29, 0.717) is 5.56 Å². The van der Waals surface area contributed by atoms with E-state index in [1.54, 1.807) is 24.3 Å². The van der Waals surface area contributed by atoms with Crippen molar-refractivity contribution in [3.8, 4) is 11.5 Å². The Kier molecular flexibility index (Phi) is 5.49. The number of amides is 1. The van der Waals surface area contributed by atoms with Crippen LogP contribution in [-0.2, 0) is 22.6 Å². The number of hydrogen-bond donors (Lipinski definition) is 4. The molecule has 25 heavy (non-hydrogen) atoms. The molecular formula is C18H19NO6. The quantitative estimate of drug-likeness (QED) is 0.598. The third kappa shape index (κ3) is 4.87. The summed E-state index contributed by atoms with van der Waals surface area (Å²) in [7, 11) is 0. The van der Waals surface area contributed by atoms with Gasteiger partial charge in [-0.25, -0.2) is 9.59 Å². The molecule has 0 aromatic heterocycles. The van der Waals surface area contributed by atoms with E-state index in [4.69, 9.17) is 4.74 Å². The third-order valence-electron chi connectivity index (χ3n) is 3.66. The second kappa shape index (κ2) is 7.57. The Morgan fingerprint density at radius 2 is 1.72 bits per heavy atom. The molecule has 0 bridgehead atoms. The summed E-state index contributed by atoms with van der Waals surface area (Å²) in [6.45, 7) is 1.35.